The van der Waals surface area contributed by atoms with Crippen molar-refractivity contribution in [2.24, 2.45) is 5.41 Å². The number of benzene rings is 1. The van der Waals surface area contributed by atoms with Gasteiger partial charge >= 0.3 is 0 Å². The van der Waals surface area contributed by atoms with E-state index < -0.39 is 0 Å². The molecule has 0 N–H and O–H groups in total. The summed E-state index contributed by atoms with van der Waals surface area (Å²) in [6.45, 7) is 7.28. The van der Waals surface area contributed by atoms with Crippen molar-refractivity contribution < 1.29 is 4.79 Å². The smallest absolute Gasteiger partial charge is 0.267 e. The minimum Gasteiger partial charge on any atom is -0.337 e. The third-order valence-corrected chi connectivity index (χ3v) is 7.02. The zero-order chi connectivity index (χ0) is 19.4. The van der Waals surface area contributed by atoms with Crippen LogP contribution in [0.1, 0.15) is 53.5 Å². The number of hydrogen-bond acceptors (Lipinski definition) is 5. The van der Waals surface area contributed by atoms with E-state index >= 15 is 0 Å². The number of carbonyl (C=O) groups excluding carboxylic acids is 1. The van der Waals surface area contributed by atoms with Crippen molar-refractivity contribution in [1.29, 1.82) is 0 Å². The number of nitrogens with zero attached hydrogens (tertiary/aromatic N) is 4. The number of rotatable bonds is 6. The molecule has 2 aliphatic rings. The fraction of sp³-hybridized carbons (Fsp3) is 0.591. The highest BCUT2D eigenvalue weighted by atomic mass is 32.1. The number of piperidine rings is 1. The molecule has 0 saturated carbocycles. The zero-order valence-electron chi connectivity index (χ0n) is 16.8. The lowest BCUT2D eigenvalue weighted by atomic mass is 9.79. The number of amides is 1. The van der Waals surface area contributed by atoms with E-state index in [2.05, 4.69) is 56.6 Å². The average Bonchev–Trinajstić information content (AvgIpc) is 3.35. The normalized spacial score (nSPS) is 22.8. The van der Waals surface area contributed by atoms with Crippen molar-refractivity contribution in [2.75, 3.05) is 32.7 Å². The van der Waals surface area contributed by atoms with E-state index in [4.69, 9.17) is 0 Å². The van der Waals surface area contributed by atoms with E-state index in [0.29, 0.717) is 0 Å². The fourth-order valence-electron chi connectivity index (χ4n) is 4.79. The van der Waals surface area contributed by atoms with Gasteiger partial charge in [0.15, 0.2) is 0 Å². The quantitative estimate of drug-likeness (QED) is 0.745. The van der Waals surface area contributed by atoms with E-state index in [0.717, 1.165) is 62.4 Å². The molecule has 150 valence electrons. The van der Waals surface area contributed by atoms with Crippen LogP contribution in [0.25, 0.3) is 0 Å². The van der Waals surface area contributed by atoms with Gasteiger partial charge in [0, 0.05) is 31.6 Å². The van der Waals surface area contributed by atoms with Crippen molar-refractivity contribution in [3.63, 3.8) is 0 Å². The van der Waals surface area contributed by atoms with E-state index in [-0.39, 0.29) is 11.3 Å². The third kappa shape index (κ3) is 4.28. The van der Waals surface area contributed by atoms with Gasteiger partial charge in [-0.25, -0.2) is 0 Å². The lowest BCUT2D eigenvalue weighted by Gasteiger charge is -2.40. The van der Waals surface area contributed by atoms with E-state index in [9.17, 15) is 4.79 Å². The highest BCUT2D eigenvalue weighted by molar-refractivity contribution is 7.08. The summed E-state index contributed by atoms with van der Waals surface area (Å²) in [5.41, 5.74) is 2.56. The summed E-state index contributed by atoms with van der Waals surface area (Å²) in [5.74, 6) is 0.150. The Morgan fingerprint density at radius 3 is 2.82 bits per heavy atom. The van der Waals surface area contributed by atoms with Crippen molar-refractivity contribution in [3.8, 4) is 0 Å². The van der Waals surface area contributed by atoms with E-state index in [1.54, 1.807) is 0 Å². The van der Waals surface area contributed by atoms with E-state index in [1.807, 2.05) is 0 Å². The highest BCUT2D eigenvalue weighted by Gasteiger charge is 2.43. The lowest BCUT2D eigenvalue weighted by molar-refractivity contribution is 0.0695. The molecule has 6 heteroatoms. The van der Waals surface area contributed by atoms with Gasteiger partial charge in [-0.15, -0.1) is 5.10 Å². The molecule has 1 atom stereocenters. The molecule has 1 amide bonds. The molecule has 4 rings (SSSR count). The molecule has 0 bridgehead atoms. The van der Waals surface area contributed by atoms with Gasteiger partial charge in [-0.3, -0.25) is 4.79 Å². The second kappa shape index (κ2) is 8.70. The monoisotopic (exact) mass is 398 g/mol. The molecule has 3 heterocycles. The molecule has 1 spiro atoms. The first-order valence-corrected chi connectivity index (χ1v) is 11.3. The van der Waals surface area contributed by atoms with Gasteiger partial charge in [0.25, 0.3) is 5.91 Å². The van der Waals surface area contributed by atoms with Gasteiger partial charge < -0.3 is 9.80 Å². The first kappa shape index (κ1) is 19.5. The van der Waals surface area contributed by atoms with Crippen LogP contribution in [0.3, 0.4) is 0 Å². The first-order chi connectivity index (χ1) is 13.7. The minimum atomic E-state index is 0.150. The molecular formula is C22H30N4OS. The maximum Gasteiger partial charge on any atom is 0.267 e. The van der Waals surface area contributed by atoms with Crippen LogP contribution in [0.5, 0.6) is 0 Å². The molecule has 0 radical (unpaired) electrons. The SMILES string of the molecule is CCCc1nnsc1C(=O)N1CC[C@]2(CCCN(CCc3ccccc3)C2)C1. The molecule has 5 nitrogen and oxygen atoms in total. The first-order valence-electron chi connectivity index (χ1n) is 10.6. The number of likely N-dealkylation sites (tertiary alicyclic amines) is 2. The molecule has 0 aliphatic carbocycles. The molecule has 2 saturated heterocycles. The second-order valence-electron chi connectivity index (χ2n) is 8.39. The Morgan fingerprint density at radius 2 is 2.00 bits per heavy atom. The molecule has 1 aromatic heterocycles. The van der Waals surface area contributed by atoms with Crippen molar-refractivity contribution in [1.82, 2.24) is 19.4 Å². The van der Waals surface area contributed by atoms with Crippen molar-refractivity contribution >= 4 is 17.4 Å². The largest absolute Gasteiger partial charge is 0.337 e. The van der Waals surface area contributed by atoms with Crippen LogP contribution in [0.4, 0.5) is 0 Å². The Bertz CT molecular complexity index is 793. The lowest BCUT2D eigenvalue weighted by Crippen LogP contribution is -2.46. The molecule has 2 aliphatic heterocycles. The van der Waals surface area contributed by atoms with Gasteiger partial charge in [0.2, 0.25) is 0 Å². The van der Waals surface area contributed by atoms with Gasteiger partial charge in [-0.2, -0.15) is 0 Å². The van der Waals surface area contributed by atoms with Crippen molar-refractivity contribution in [2.45, 2.75) is 45.4 Å². The Labute approximate surface area is 171 Å². The van der Waals surface area contributed by atoms with E-state index in [1.165, 1.54) is 36.5 Å². The predicted molar refractivity (Wildman–Crippen MR) is 113 cm³/mol. The average molecular weight is 399 g/mol. The van der Waals surface area contributed by atoms with Gasteiger partial charge in [0.05, 0.1) is 5.69 Å². The Hall–Kier alpha value is -1.79. The maximum atomic E-state index is 13.1. The van der Waals surface area contributed by atoms with Crippen LogP contribution < -0.4 is 0 Å². The summed E-state index contributed by atoms with van der Waals surface area (Å²) >= 11 is 1.26. The standard InChI is InChI=1S/C22H30N4OS/c1-2-7-19-20(28-24-23-19)21(27)26-15-12-22(17-26)11-6-13-25(16-22)14-10-18-8-4-3-5-9-18/h3-5,8-9H,2,6-7,10-17H2,1H3/t22-/m0/s1. The Kier molecular flexibility index (Phi) is 6.07. The van der Waals surface area contributed by atoms with Crippen LogP contribution >= 0.6 is 11.5 Å². The second-order valence-corrected chi connectivity index (χ2v) is 9.14. The van der Waals surface area contributed by atoms with Crippen molar-refractivity contribution in [3.05, 3.63) is 46.5 Å². The zero-order valence-corrected chi connectivity index (χ0v) is 17.6. The van der Waals surface area contributed by atoms with Gasteiger partial charge in [-0.1, -0.05) is 48.2 Å². The van der Waals surface area contributed by atoms with Crippen LogP contribution in [0.2, 0.25) is 0 Å². The third-order valence-electron chi connectivity index (χ3n) is 6.26. The summed E-state index contributed by atoms with van der Waals surface area (Å²) in [5, 5.41) is 4.18. The molecule has 28 heavy (non-hydrogen) atoms. The maximum absolute atomic E-state index is 13.1. The summed E-state index contributed by atoms with van der Waals surface area (Å²) in [6, 6.07) is 10.7. The minimum absolute atomic E-state index is 0.150. The number of aryl methyl sites for hydroxylation is 1. The highest BCUT2D eigenvalue weighted by Crippen LogP contribution is 2.39. The molecular weight excluding hydrogens is 368 g/mol. The van der Waals surface area contributed by atoms with Gasteiger partial charge in [-0.05, 0) is 55.7 Å². The fourth-order valence-corrected chi connectivity index (χ4v) is 5.47. The number of hydrogen-bond donors (Lipinski definition) is 0. The predicted octanol–water partition coefficient (Wildman–Crippen LogP) is 3.66. The topological polar surface area (TPSA) is 49.3 Å². The van der Waals surface area contributed by atoms with Crippen LogP contribution in [-0.4, -0.2) is 58.0 Å². The summed E-state index contributed by atoms with van der Waals surface area (Å²) < 4.78 is 4.04. The molecule has 0 unspecified atom stereocenters. The van der Waals surface area contributed by atoms with Crippen LogP contribution in [0, 0.1) is 5.41 Å². The molecule has 1 aromatic carbocycles. The molecule has 2 aromatic rings. The summed E-state index contributed by atoms with van der Waals surface area (Å²) in [6.07, 6.45) is 6.53. The number of carbonyl (C=O) groups is 1. The van der Waals surface area contributed by atoms with Crippen LogP contribution in [-0.2, 0) is 12.8 Å². The molecule has 2 fully saturated rings. The Balaban J connectivity index is 1.36. The van der Waals surface area contributed by atoms with Crippen LogP contribution in [0.15, 0.2) is 30.3 Å². The van der Waals surface area contributed by atoms with Gasteiger partial charge in [0.1, 0.15) is 4.88 Å². The summed E-state index contributed by atoms with van der Waals surface area (Å²) in [4.78, 5) is 18.5. The number of aromatic nitrogens is 2. The summed E-state index contributed by atoms with van der Waals surface area (Å²) in [7, 11) is 0. The Morgan fingerprint density at radius 1 is 1.14 bits per heavy atom.